The van der Waals surface area contributed by atoms with Gasteiger partial charge in [-0.2, -0.15) is 5.26 Å². The van der Waals surface area contributed by atoms with E-state index in [1.807, 2.05) is 0 Å². The van der Waals surface area contributed by atoms with E-state index >= 15 is 0 Å². The molecule has 0 atom stereocenters. The van der Waals surface area contributed by atoms with Gasteiger partial charge in [0.25, 0.3) is 5.91 Å². The number of nitriles is 1. The minimum Gasteiger partial charge on any atom is -0.421 e. The number of sulfone groups is 1. The second kappa shape index (κ2) is 10.1. The van der Waals surface area contributed by atoms with E-state index in [9.17, 15) is 23.3 Å². The van der Waals surface area contributed by atoms with E-state index < -0.39 is 21.7 Å². The van der Waals surface area contributed by atoms with Crippen LogP contribution in [0.4, 0.5) is 5.13 Å². The van der Waals surface area contributed by atoms with Gasteiger partial charge in [0.05, 0.1) is 15.6 Å². The number of hydrogen-bond acceptors (Lipinski definition) is 9. The smallest absolute Gasteiger partial charge is 0.345 e. The number of esters is 1. The molecule has 168 valence electrons. The van der Waals surface area contributed by atoms with Crippen LogP contribution in [0.15, 0.2) is 52.4 Å². The third-order valence-electron chi connectivity index (χ3n) is 3.87. The predicted octanol–water partition coefficient (Wildman–Crippen LogP) is 4.01. The molecule has 3 aromatic rings. The molecule has 33 heavy (non-hydrogen) atoms. The van der Waals surface area contributed by atoms with E-state index in [2.05, 4.69) is 15.5 Å². The second-order valence-corrected chi connectivity index (χ2v) is 10.3. The zero-order valence-corrected chi connectivity index (χ0v) is 19.7. The number of aromatic nitrogens is 2. The maximum Gasteiger partial charge on any atom is 0.345 e. The zero-order chi connectivity index (χ0) is 24.2. The molecule has 0 bridgehead atoms. The maximum atomic E-state index is 12.4. The van der Waals surface area contributed by atoms with Crippen LogP contribution in [0.1, 0.15) is 15.9 Å². The average molecular weight is 523 g/mol. The van der Waals surface area contributed by atoms with E-state index in [0.717, 1.165) is 6.26 Å². The minimum absolute atomic E-state index is 0.0590. The van der Waals surface area contributed by atoms with Crippen LogP contribution in [0.3, 0.4) is 0 Å². The number of ether oxygens (including phenoxy) is 1. The molecule has 1 heterocycles. The molecule has 0 saturated carbocycles. The SMILES string of the molecule is CS(=O)(=O)c1nnc(NC(=O)C(C#N)=Cc2ccc(OC(=O)c3ccccc3Cl)c(Cl)c2)s1. The molecule has 0 aliphatic carbocycles. The van der Waals surface area contributed by atoms with Crippen LogP contribution in [0, 0.1) is 11.3 Å². The number of halogens is 2. The Balaban J connectivity index is 1.76. The van der Waals surface area contributed by atoms with Gasteiger partial charge < -0.3 is 4.74 Å². The van der Waals surface area contributed by atoms with Crippen molar-refractivity contribution in [3.05, 3.63) is 69.2 Å². The summed E-state index contributed by atoms with van der Waals surface area (Å²) in [6, 6.07) is 12.4. The molecular formula is C20H12Cl2N4O5S2. The molecule has 0 aliphatic heterocycles. The monoisotopic (exact) mass is 522 g/mol. The first-order valence-corrected chi connectivity index (χ1v) is 12.3. The number of carbonyl (C=O) groups excluding carboxylic acids is 2. The van der Waals surface area contributed by atoms with Crippen molar-refractivity contribution in [3.63, 3.8) is 0 Å². The summed E-state index contributed by atoms with van der Waals surface area (Å²) in [7, 11) is -3.57. The first-order chi connectivity index (χ1) is 15.6. The third kappa shape index (κ3) is 6.15. The fraction of sp³-hybridized carbons (Fsp3) is 0.0500. The molecule has 9 nitrogen and oxygen atoms in total. The first-order valence-electron chi connectivity index (χ1n) is 8.81. The van der Waals surface area contributed by atoms with Crippen molar-refractivity contribution >= 4 is 67.5 Å². The van der Waals surface area contributed by atoms with E-state index in [1.165, 1.54) is 30.3 Å². The Bertz CT molecular complexity index is 1430. The highest BCUT2D eigenvalue weighted by Gasteiger charge is 2.18. The Morgan fingerprint density at radius 2 is 1.88 bits per heavy atom. The van der Waals surface area contributed by atoms with Crippen molar-refractivity contribution in [3.8, 4) is 11.8 Å². The lowest BCUT2D eigenvalue weighted by Gasteiger charge is -2.08. The summed E-state index contributed by atoms with van der Waals surface area (Å²) in [5, 5.41) is 18.9. The Morgan fingerprint density at radius 3 is 2.48 bits per heavy atom. The van der Waals surface area contributed by atoms with E-state index in [0.29, 0.717) is 16.9 Å². The number of nitrogens with zero attached hydrogens (tertiary/aromatic N) is 3. The summed E-state index contributed by atoms with van der Waals surface area (Å²) in [6.45, 7) is 0. The number of rotatable bonds is 6. The quantitative estimate of drug-likeness (QED) is 0.168. The lowest BCUT2D eigenvalue weighted by Crippen LogP contribution is -2.13. The molecule has 0 saturated heterocycles. The summed E-state index contributed by atoms with van der Waals surface area (Å²) < 4.78 is 27.9. The van der Waals surface area contributed by atoms with Gasteiger partial charge in [0.1, 0.15) is 17.4 Å². The lowest BCUT2D eigenvalue weighted by atomic mass is 10.1. The van der Waals surface area contributed by atoms with Crippen molar-refractivity contribution in [1.29, 1.82) is 5.26 Å². The van der Waals surface area contributed by atoms with E-state index in [-0.39, 0.29) is 36.4 Å². The van der Waals surface area contributed by atoms with Crippen LogP contribution in [-0.4, -0.2) is 36.7 Å². The molecular weight excluding hydrogens is 511 g/mol. The Labute approximate surface area is 202 Å². The Morgan fingerprint density at radius 1 is 1.15 bits per heavy atom. The van der Waals surface area contributed by atoms with Gasteiger partial charge in [0.2, 0.25) is 19.3 Å². The van der Waals surface area contributed by atoms with E-state index in [1.54, 1.807) is 24.3 Å². The zero-order valence-electron chi connectivity index (χ0n) is 16.6. The maximum absolute atomic E-state index is 12.4. The molecule has 2 aromatic carbocycles. The Kier molecular flexibility index (Phi) is 7.45. The molecule has 1 aromatic heterocycles. The largest absolute Gasteiger partial charge is 0.421 e. The van der Waals surface area contributed by atoms with Crippen LogP contribution in [0.5, 0.6) is 5.75 Å². The van der Waals surface area contributed by atoms with Gasteiger partial charge in [-0.15, -0.1) is 10.2 Å². The van der Waals surface area contributed by atoms with Gasteiger partial charge in [-0.05, 0) is 35.9 Å². The molecule has 1 amide bonds. The molecule has 3 rings (SSSR count). The molecule has 0 aliphatic rings. The summed E-state index contributed by atoms with van der Waals surface area (Å²) in [5.74, 6) is -1.46. The molecule has 0 radical (unpaired) electrons. The van der Waals surface area contributed by atoms with Gasteiger partial charge in [0.15, 0.2) is 0 Å². The summed E-state index contributed by atoms with van der Waals surface area (Å²) in [4.78, 5) is 24.7. The highest BCUT2D eigenvalue weighted by molar-refractivity contribution is 7.92. The summed E-state index contributed by atoms with van der Waals surface area (Å²) >= 11 is 12.8. The van der Waals surface area contributed by atoms with Gasteiger partial charge in [-0.3, -0.25) is 10.1 Å². The fourth-order valence-electron chi connectivity index (χ4n) is 2.36. The van der Waals surface area contributed by atoms with Gasteiger partial charge in [0, 0.05) is 6.26 Å². The number of amides is 1. The number of nitrogens with one attached hydrogen (secondary N) is 1. The third-order valence-corrected chi connectivity index (χ3v) is 7.01. The molecule has 1 N–H and O–H groups in total. The molecule has 0 unspecified atom stereocenters. The van der Waals surface area contributed by atoms with Crippen molar-refractivity contribution < 1.29 is 22.7 Å². The first kappa shape index (κ1) is 24.3. The fourth-order valence-corrected chi connectivity index (χ4v) is 4.31. The number of benzene rings is 2. The van der Waals surface area contributed by atoms with Crippen LogP contribution < -0.4 is 10.1 Å². The topological polar surface area (TPSA) is 139 Å². The van der Waals surface area contributed by atoms with E-state index in [4.69, 9.17) is 27.9 Å². The van der Waals surface area contributed by atoms with Crippen LogP contribution in [0.25, 0.3) is 6.08 Å². The summed E-state index contributed by atoms with van der Waals surface area (Å²) in [5.41, 5.74) is 0.236. The summed E-state index contributed by atoms with van der Waals surface area (Å²) in [6.07, 6.45) is 2.21. The lowest BCUT2D eigenvalue weighted by molar-refractivity contribution is -0.112. The van der Waals surface area contributed by atoms with Crippen molar-refractivity contribution in [2.24, 2.45) is 0 Å². The predicted molar refractivity (Wildman–Crippen MR) is 123 cm³/mol. The van der Waals surface area contributed by atoms with Crippen molar-refractivity contribution in [2.45, 2.75) is 4.34 Å². The highest BCUT2D eigenvalue weighted by Crippen LogP contribution is 2.28. The van der Waals surface area contributed by atoms with Crippen molar-refractivity contribution in [1.82, 2.24) is 10.2 Å². The molecule has 0 fully saturated rings. The minimum atomic E-state index is -3.57. The number of anilines is 1. The van der Waals surface area contributed by atoms with Crippen molar-refractivity contribution in [2.75, 3.05) is 11.6 Å². The highest BCUT2D eigenvalue weighted by atomic mass is 35.5. The molecule has 0 spiro atoms. The standard InChI is InChI=1S/C20H12Cl2N4O5S2/c1-33(29,30)20-26-25-19(32-20)24-17(27)12(10-23)8-11-6-7-16(15(22)9-11)31-18(28)13-4-2-3-5-14(13)21/h2-9H,1H3,(H,24,25,27). The van der Waals surface area contributed by atoms with Gasteiger partial charge in [-0.25, -0.2) is 13.2 Å². The van der Waals surface area contributed by atoms with Gasteiger partial charge in [-0.1, -0.05) is 52.7 Å². The van der Waals surface area contributed by atoms with Crippen LogP contribution >= 0.6 is 34.5 Å². The van der Waals surface area contributed by atoms with Crippen LogP contribution in [-0.2, 0) is 14.6 Å². The normalized spacial score (nSPS) is 11.5. The number of hydrogen-bond donors (Lipinski definition) is 1. The molecule has 13 heteroatoms. The average Bonchev–Trinajstić information content (AvgIpc) is 3.23. The second-order valence-electron chi connectivity index (χ2n) is 6.33. The van der Waals surface area contributed by atoms with Gasteiger partial charge >= 0.3 is 5.97 Å². The van der Waals surface area contributed by atoms with Crippen LogP contribution in [0.2, 0.25) is 10.0 Å². The number of carbonyl (C=O) groups is 2. The Hall–Kier alpha value is -3.30.